The summed E-state index contributed by atoms with van der Waals surface area (Å²) < 4.78 is 13.0. The van der Waals surface area contributed by atoms with Crippen LogP contribution in [-0.4, -0.2) is 75.8 Å². The first-order chi connectivity index (χ1) is 21.0. The normalized spacial score (nSPS) is 20.9. The second-order valence-corrected chi connectivity index (χ2v) is 10.7. The topological polar surface area (TPSA) is 149 Å². The molecular formula is C31H38N6O6. The van der Waals surface area contributed by atoms with Crippen molar-refractivity contribution >= 4 is 23.5 Å². The fraction of sp³-hybridized carbons (Fsp3) is 0.419. The molecule has 3 aromatic rings. The minimum Gasteiger partial charge on any atom is -0.392 e. The van der Waals surface area contributed by atoms with E-state index in [1.807, 2.05) is 42.5 Å². The van der Waals surface area contributed by atoms with Crippen molar-refractivity contribution in [2.75, 3.05) is 42.9 Å². The maximum atomic E-state index is 12.3. The third kappa shape index (κ3) is 8.55. The van der Waals surface area contributed by atoms with Gasteiger partial charge in [-0.25, -0.2) is 15.4 Å². The van der Waals surface area contributed by atoms with E-state index in [0.717, 1.165) is 55.4 Å². The molecule has 1 aromatic heterocycles. The van der Waals surface area contributed by atoms with Crippen LogP contribution in [0, 0.1) is 0 Å². The number of hydroxylamine groups is 1. The highest BCUT2D eigenvalue weighted by Gasteiger charge is 2.34. The summed E-state index contributed by atoms with van der Waals surface area (Å²) in [7, 11) is 0. The zero-order valence-electron chi connectivity index (χ0n) is 24.0. The molecule has 4 N–H and O–H groups in total. The molecule has 2 saturated heterocycles. The fourth-order valence-corrected chi connectivity index (χ4v) is 5.32. The Balaban J connectivity index is 1.22. The number of nitrogens with one attached hydrogen (secondary N) is 2. The smallest absolute Gasteiger partial charge is 0.243 e. The second kappa shape index (κ2) is 15.0. The first-order valence-electron chi connectivity index (χ1n) is 14.6. The highest BCUT2D eigenvalue weighted by atomic mass is 16.7. The van der Waals surface area contributed by atoms with Crippen LogP contribution in [0.3, 0.4) is 0 Å². The summed E-state index contributed by atoms with van der Waals surface area (Å²) in [6.45, 7) is 4.17. The molecule has 0 saturated carbocycles. The monoisotopic (exact) mass is 590 g/mol. The predicted molar refractivity (Wildman–Crippen MR) is 158 cm³/mol. The van der Waals surface area contributed by atoms with Crippen molar-refractivity contribution in [2.24, 2.45) is 0 Å². The van der Waals surface area contributed by atoms with E-state index in [2.05, 4.69) is 25.1 Å². The van der Waals surface area contributed by atoms with Crippen LogP contribution in [0.25, 0.3) is 0 Å². The van der Waals surface area contributed by atoms with Gasteiger partial charge in [0.2, 0.25) is 17.8 Å². The van der Waals surface area contributed by atoms with Gasteiger partial charge < -0.3 is 24.8 Å². The fourth-order valence-electron chi connectivity index (χ4n) is 5.32. The molecule has 3 heterocycles. The number of aromatic nitrogens is 2. The molecule has 0 unspecified atom stereocenters. The summed E-state index contributed by atoms with van der Waals surface area (Å²) in [6, 6.07) is 17.0. The van der Waals surface area contributed by atoms with E-state index in [1.165, 1.54) is 0 Å². The van der Waals surface area contributed by atoms with E-state index >= 15 is 0 Å². The largest absolute Gasteiger partial charge is 0.392 e. The van der Waals surface area contributed by atoms with E-state index in [4.69, 9.17) is 14.7 Å². The highest BCUT2D eigenvalue weighted by molar-refractivity contribution is 5.91. The van der Waals surface area contributed by atoms with E-state index in [9.17, 15) is 14.7 Å². The molecule has 228 valence electrons. The summed E-state index contributed by atoms with van der Waals surface area (Å²) in [4.78, 5) is 36.8. The highest BCUT2D eigenvalue weighted by Crippen LogP contribution is 2.38. The van der Waals surface area contributed by atoms with Crippen molar-refractivity contribution in [1.82, 2.24) is 20.3 Å². The third-order valence-electron chi connectivity index (χ3n) is 7.68. The molecule has 43 heavy (non-hydrogen) atoms. The molecule has 2 fully saturated rings. The Morgan fingerprint density at radius 3 is 2.23 bits per heavy atom. The Bertz CT molecular complexity index is 1320. The van der Waals surface area contributed by atoms with Crippen molar-refractivity contribution in [3.8, 4) is 0 Å². The first kappa shape index (κ1) is 30.5. The second-order valence-electron chi connectivity index (χ2n) is 10.7. The van der Waals surface area contributed by atoms with Crippen molar-refractivity contribution in [3.63, 3.8) is 0 Å². The summed E-state index contributed by atoms with van der Waals surface area (Å²) in [5.74, 6) is 0.0216. The Morgan fingerprint density at radius 1 is 0.884 bits per heavy atom. The van der Waals surface area contributed by atoms with Crippen molar-refractivity contribution in [3.05, 3.63) is 83.7 Å². The number of rotatable bonds is 11. The zero-order chi connectivity index (χ0) is 30.0. The van der Waals surface area contributed by atoms with E-state index in [1.54, 1.807) is 30.0 Å². The van der Waals surface area contributed by atoms with Crippen molar-refractivity contribution in [1.29, 1.82) is 0 Å². The number of aliphatic hydroxyl groups is 1. The zero-order valence-corrected chi connectivity index (χ0v) is 24.0. The Kier molecular flexibility index (Phi) is 10.6. The molecule has 0 aliphatic carbocycles. The van der Waals surface area contributed by atoms with Crippen molar-refractivity contribution in [2.45, 2.75) is 50.8 Å². The van der Waals surface area contributed by atoms with Gasteiger partial charge >= 0.3 is 0 Å². The number of carbonyl (C=O) groups is 2. The molecule has 0 spiro atoms. The molecule has 12 nitrogen and oxygen atoms in total. The number of nitrogens with zero attached hydrogens (tertiary/aromatic N) is 4. The maximum absolute atomic E-state index is 12.3. The van der Waals surface area contributed by atoms with Gasteiger partial charge in [-0.15, -0.1) is 0 Å². The van der Waals surface area contributed by atoms with Gasteiger partial charge in [0.05, 0.1) is 18.8 Å². The van der Waals surface area contributed by atoms with Gasteiger partial charge in [0.1, 0.15) is 0 Å². The van der Waals surface area contributed by atoms with Crippen LogP contribution in [0.4, 0.5) is 11.6 Å². The Hall–Kier alpha value is -3.94. The molecule has 2 aromatic carbocycles. The van der Waals surface area contributed by atoms with Crippen molar-refractivity contribution < 1.29 is 29.4 Å². The number of benzene rings is 2. The Labute approximate surface area is 250 Å². The molecule has 5 rings (SSSR count). The van der Waals surface area contributed by atoms with E-state index in [-0.39, 0.29) is 37.6 Å². The van der Waals surface area contributed by atoms with Gasteiger partial charge in [-0.05, 0) is 35.7 Å². The number of hydrogen-bond acceptors (Lipinski definition) is 10. The molecule has 2 aliphatic rings. The van der Waals surface area contributed by atoms with Gasteiger partial charge in [-0.1, -0.05) is 36.4 Å². The van der Waals surface area contributed by atoms with E-state index in [0.29, 0.717) is 18.5 Å². The Morgan fingerprint density at radius 2 is 1.56 bits per heavy atom. The van der Waals surface area contributed by atoms with Crippen LogP contribution >= 0.6 is 0 Å². The quantitative estimate of drug-likeness (QED) is 0.194. The SMILES string of the molecule is O=C(CCCC(=O)Nc1ccc([C@@H]2O[C@H](CN3CCN(c4ncccn4)CC3)C[C@H](c3ccc(CO)cc3)O2)cc1)NO. The van der Waals surface area contributed by atoms with Crippen LogP contribution < -0.4 is 15.7 Å². The molecule has 2 amide bonds. The maximum Gasteiger partial charge on any atom is 0.243 e. The molecule has 3 atom stereocenters. The minimum absolute atomic E-state index is 0.0129. The van der Waals surface area contributed by atoms with E-state index < -0.39 is 12.2 Å². The van der Waals surface area contributed by atoms with Crippen LogP contribution in [0.1, 0.15) is 54.8 Å². The standard InChI is InChI=1S/C31H38N6O6/c38-21-22-5-7-23(8-6-22)27-19-26(20-36-15-17-37(18-16-36)31-32-13-2-14-33-31)42-30(43-27)24-9-11-25(12-10-24)34-28(39)3-1-4-29(40)35-41/h2,5-14,26-27,30,38,41H,1,3-4,15-21H2,(H,34,39)(H,35,40)/t26-,27+,30+/m0/s1. The lowest BCUT2D eigenvalue weighted by molar-refractivity contribution is -0.253. The van der Waals surface area contributed by atoms with Gasteiger partial charge in [0.25, 0.3) is 0 Å². The lowest BCUT2D eigenvalue weighted by Crippen LogP contribution is -2.50. The number of ether oxygens (including phenoxy) is 2. The van der Waals surface area contributed by atoms with Gasteiger partial charge in [-0.3, -0.25) is 19.7 Å². The average Bonchev–Trinajstić information content (AvgIpc) is 3.05. The molecule has 0 radical (unpaired) electrons. The van der Waals surface area contributed by atoms with Crippen LogP contribution in [-0.2, 0) is 25.7 Å². The first-order valence-corrected chi connectivity index (χ1v) is 14.6. The molecule has 0 bridgehead atoms. The number of hydrogen-bond donors (Lipinski definition) is 4. The summed E-state index contributed by atoms with van der Waals surface area (Å²) in [5.41, 5.74) is 4.91. The summed E-state index contributed by atoms with van der Waals surface area (Å²) >= 11 is 0. The number of anilines is 2. The molecular weight excluding hydrogens is 552 g/mol. The minimum atomic E-state index is -0.595. The van der Waals surface area contributed by atoms with Crippen LogP contribution in [0.2, 0.25) is 0 Å². The van der Waals surface area contributed by atoms with Crippen LogP contribution in [0.15, 0.2) is 67.0 Å². The van der Waals surface area contributed by atoms with Crippen LogP contribution in [0.5, 0.6) is 0 Å². The van der Waals surface area contributed by atoms with Gasteiger partial charge in [-0.2, -0.15) is 0 Å². The number of amides is 2. The average molecular weight is 591 g/mol. The number of carbonyl (C=O) groups excluding carboxylic acids is 2. The lowest BCUT2D eigenvalue weighted by atomic mass is 9.99. The summed E-state index contributed by atoms with van der Waals surface area (Å²) in [6.07, 6.45) is 3.93. The predicted octanol–water partition coefficient (Wildman–Crippen LogP) is 2.95. The number of piperazine rings is 1. The lowest BCUT2D eigenvalue weighted by Gasteiger charge is -2.40. The third-order valence-corrected chi connectivity index (χ3v) is 7.68. The van der Waals surface area contributed by atoms with Gasteiger partial charge in [0.15, 0.2) is 6.29 Å². The molecule has 12 heteroatoms. The summed E-state index contributed by atoms with van der Waals surface area (Å²) in [5, 5.41) is 20.9. The number of aliphatic hydroxyl groups excluding tert-OH is 1. The van der Waals surface area contributed by atoms with Gasteiger partial charge in [0, 0.05) is 75.6 Å². The molecule has 2 aliphatic heterocycles.